The summed E-state index contributed by atoms with van der Waals surface area (Å²) in [5, 5.41) is 0. The molecular weight excluding hydrogens is 309 g/mol. The molecule has 4 rings (SSSR count). The summed E-state index contributed by atoms with van der Waals surface area (Å²) in [6.45, 7) is 7.70. The Hall–Kier alpha value is 0.110. The molecule has 1 atom stereocenters. The first-order chi connectivity index (χ1) is 10.7. The van der Waals surface area contributed by atoms with Gasteiger partial charge in [-0.05, 0) is 89.4 Å². The maximum Gasteiger partial charge on any atom is 0.387 e. The standard InChI is InChI=1S/C18H34NO3P/c1-12(2)21-23(20,22-13(3)4)17(19)11-18-8-14-5-15(9-18)7-16(6-14)10-18/h12-17H,5-11,19H2,1-4H3/p+1/t14?,15?,16?,17-,18?/m0/s1. The van der Waals surface area contributed by atoms with Crippen molar-refractivity contribution in [3.63, 3.8) is 0 Å². The number of hydrogen-bond acceptors (Lipinski definition) is 3. The molecule has 4 nitrogen and oxygen atoms in total. The zero-order valence-electron chi connectivity index (χ0n) is 15.3. The molecule has 0 unspecified atom stereocenters. The van der Waals surface area contributed by atoms with E-state index in [9.17, 15) is 4.57 Å². The van der Waals surface area contributed by atoms with Gasteiger partial charge in [0.2, 0.25) is 0 Å². The Labute approximate surface area is 141 Å². The van der Waals surface area contributed by atoms with Crippen molar-refractivity contribution in [2.45, 2.75) is 90.6 Å². The summed E-state index contributed by atoms with van der Waals surface area (Å²) in [6.07, 6.45) is 8.96. The molecular formula is C18H35NO3P+. The molecule has 4 saturated carbocycles. The van der Waals surface area contributed by atoms with Crippen LogP contribution < -0.4 is 5.73 Å². The Bertz CT molecular complexity index is 428. The summed E-state index contributed by atoms with van der Waals surface area (Å²) in [5.74, 6) is 2.48. The van der Waals surface area contributed by atoms with Crippen LogP contribution in [-0.4, -0.2) is 18.0 Å². The van der Waals surface area contributed by atoms with Gasteiger partial charge in [-0.2, -0.15) is 0 Å². The van der Waals surface area contributed by atoms with E-state index in [2.05, 4.69) is 5.73 Å². The van der Waals surface area contributed by atoms with Crippen LogP contribution in [0.2, 0.25) is 0 Å². The molecule has 4 fully saturated rings. The van der Waals surface area contributed by atoms with E-state index in [4.69, 9.17) is 9.05 Å². The molecule has 4 bridgehead atoms. The van der Waals surface area contributed by atoms with E-state index < -0.39 is 7.60 Å². The van der Waals surface area contributed by atoms with E-state index in [1.807, 2.05) is 27.7 Å². The lowest BCUT2D eigenvalue weighted by Crippen LogP contribution is -2.63. The highest BCUT2D eigenvalue weighted by molar-refractivity contribution is 7.54. The van der Waals surface area contributed by atoms with Crippen molar-refractivity contribution in [2.75, 3.05) is 0 Å². The fourth-order valence-corrected chi connectivity index (χ4v) is 8.12. The second-order valence-electron chi connectivity index (χ2n) is 9.12. The van der Waals surface area contributed by atoms with Gasteiger partial charge in [0, 0.05) is 6.42 Å². The second-order valence-corrected chi connectivity index (χ2v) is 11.4. The molecule has 0 heterocycles. The van der Waals surface area contributed by atoms with Crippen molar-refractivity contribution in [2.24, 2.45) is 23.2 Å². The van der Waals surface area contributed by atoms with E-state index in [-0.39, 0.29) is 18.0 Å². The predicted octanol–water partition coefficient (Wildman–Crippen LogP) is 4.20. The molecule has 0 aliphatic heterocycles. The largest absolute Gasteiger partial charge is 0.387 e. The molecule has 0 aromatic heterocycles. The molecule has 4 aliphatic rings. The monoisotopic (exact) mass is 344 g/mol. The Morgan fingerprint density at radius 3 is 1.70 bits per heavy atom. The Morgan fingerprint density at radius 2 is 1.35 bits per heavy atom. The van der Waals surface area contributed by atoms with Crippen LogP contribution in [-0.2, 0) is 13.6 Å². The fourth-order valence-electron chi connectivity index (χ4n) is 5.94. The topological polar surface area (TPSA) is 63.2 Å². The zero-order valence-corrected chi connectivity index (χ0v) is 16.2. The average molecular weight is 344 g/mol. The first kappa shape index (κ1) is 17.9. The van der Waals surface area contributed by atoms with E-state index in [0.717, 1.165) is 24.2 Å². The van der Waals surface area contributed by atoms with Crippen LogP contribution in [0, 0.1) is 23.2 Å². The molecule has 0 radical (unpaired) electrons. The summed E-state index contributed by atoms with van der Waals surface area (Å²) >= 11 is 0. The van der Waals surface area contributed by atoms with Crippen LogP contribution in [0.25, 0.3) is 0 Å². The SMILES string of the molecule is CC(C)OP(=O)(OC(C)C)[C@H]([NH3+])CC12CC3CC(CC(C3)C1)C2. The van der Waals surface area contributed by atoms with Crippen LogP contribution in [0.15, 0.2) is 0 Å². The van der Waals surface area contributed by atoms with E-state index in [1.165, 1.54) is 38.5 Å². The van der Waals surface area contributed by atoms with E-state index in [0.29, 0.717) is 5.41 Å². The maximum absolute atomic E-state index is 13.4. The van der Waals surface area contributed by atoms with Gasteiger partial charge < -0.3 is 14.8 Å². The van der Waals surface area contributed by atoms with Gasteiger partial charge in [-0.1, -0.05) is 0 Å². The highest BCUT2D eigenvalue weighted by Crippen LogP contribution is 2.64. The van der Waals surface area contributed by atoms with Gasteiger partial charge in [0.15, 0.2) is 5.78 Å². The normalized spacial score (nSPS) is 37.8. The second kappa shape index (κ2) is 6.44. The van der Waals surface area contributed by atoms with Gasteiger partial charge in [-0.15, -0.1) is 0 Å². The molecule has 3 N–H and O–H groups in total. The van der Waals surface area contributed by atoms with Gasteiger partial charge in [0.25, 0.3) is 0 Å². The minimum Gasteiger partial charge on any atom is -0.345 e. The van der Waals surface area contributed by atoms with Crippen LogP contribution >= 0.6 is 7.60 Å². The molecule has 0 aromatic rings. The number of rotatable bonds is 7. The predicted molar refractivity (Wildman–Crippen MR) is 91.9 cm³/mol. The third kappa shape index (κ3) is 3.86. The van der Waals surface area contributed by atoms with Crippen LogP contribution in [0.5, 0.6) is 0 Å². The first-order valence-corrected chi connectivity index (χ1v) is 11.1. The molecule has 0 spiro atoms. The van der Waals surface area contributed by atoms with Gasteiger partial charge in [0.05, 0.1) is 12.2 Å². The third-order valence-corrected chi connectivity index (χ3v) is 8.50. The number of quaternary nitrogens is 1. The minimum absolute atomic E-state index is 0.0970. The van der Waals surface area contributed by atoms with Gasteiger partial charge >= 0.3 is 7.60 Å². The van der Waals surface area contributed by atoms with Crippen LogP contribution in [0.4, 0.5) is 0 Å². The zero-order chi connectivity index (χ0) is 16.8. The highest BCUT2D eigenvalue weighted by Gasteiger charge is 2.54. The third-order valence-electron chi connectivity index (χ3n) is 6.00. The van der Waals surface area contributed by atoms with Crippen LogP contribution in [0.1, 0.15) is 72.6 Å². The molecule has 0 amide bonds. The minimum atomic E-state index is -3.16. The van der Waals surface area contributed by atoms with Crippen molar-refractivity contribution in [3.05, 3.63) is 0 Å². The highest BCUT2D eigenvalue weighted by atomic mass is 31.2. The fraction of sp³-hybridized carbons (Fsp3) is 1.00. The molecule has 5 heteroatoms. The van der Waals surface area contributed by atoms with Crippen molar-refractivity contribution < 1.29 is 19.3 Å². The van der Waals surface area contributed by atoms with Crippen molar-refractivity contribution in [1.82, 2.24) is 0 Å². The lowest BCUT2D eigenvalue weighted by atomic mass is 9.49. The van der Waals surface area contributed by atoms with Crippen molar-refractivity contribution >= 4 is 7.60 Å². The summed E-state index contributed by atoms with van der Waals surface area (Å²) in [6, 6.07) is 0. The summed E-state index contributed by atoms with van der Waals surface area (Å²) in [7, 11) is -3.16. The number of hydrogen-bond donors (Lipinski definition) is 1. The smallest absolute Gasteiger partial charge is 0.345 e. The van der Waals surface area contributed by atoms with E-state index in [1.54, 1.807) is 0 Å². The lowest BCUT2D eigenvalue weighted by molar-refractivity contribution is -0.402. The molecule has 0 aromatic carbocycles. The van der Waals surface area contributed by atoms with Gasteiger partial charge in [-0.3, -0.25) is 4.57 Å². The van der Waals surface area contributed by atoms with Crippen LogP contribution in [0.3, 0.4) is 0 Å². The summed E-state index contributed by atoms with van der Waals surface area (Å²) in [5.41, 5.74) is 4.64. The Kier molecular flexibility index (Phi) is 5.02. The lowest BCUT2D eigenvalue weighted by Gasteiger charge is -2.57. The quantitative estimate of drug-likeness (QED) is 0.704. The van der Waals surface area contributed by atoms with Gasteiger partial charge in [-0.25, -0.2) is 0 Å². The van der Waals surface area contributed by atoms with E-state index >= 15 is 0 Å². The summed E-state index contributed by atoms with van der Waals surface area (Å²) < 4.78 is 24.9. The molecule has 134 valence electrons. The van der Waals surface area contributed by atoms with Crippen molar-refractivity contribution in [3.8, 4) is 0 Å². The van der Waals surface area contributed by atoms with Gasteiger partial charge in [0.1, 0.15) is 0 Å². The summed E-state index contributed by atoms with van der Waals surface area (Å²) in [4.78, 5) is 0. The molecule has 4 aliphatic carbocycles. The Balaban J connectivity index is 1.73. The Morgan fingerprint density at radius 1 is 0.957 bits per heavy atom. The first-order valence-electron chi connectivity index (χ1n) is 9.49. The average Bonchev–Trinajstić information content (AvgIpc) is 2.33. The maximum atomic E-state index is 13.4. The molecule has 0 saturated heterocycles. The molecule has 23 heavy (non-hydrogen) atoms. The van der Waals surface area contributed by atoms with Crippen molar-refractivity contribution in [1.29, 1.82) is 0 Å².